The first-order chi connectivity index (χ1) is 12.6. The Labute approximate surface area is 157 Å². The molecule has 3 rings (SSSR count). The number of carbonyl (C=O) groups is 2. The van der Waals surface area contributed by atoms with E-state index in [1.54, 1.807) is 35.6 Å². The zero-order valence-corrected chi connectivity index (χ0v) is 15.6. The van der Waals surface area contributed by atoms with Crippen LogP contribution in [0.4, 0.5) is 5.69 Å². The molecule has 26 heavy (non-hydrogen) atoms. The molecule has 0 bridgehead atoms. The number of rotatable bonds is 5. The van der Waals surface area contributed by atoms with Crippen LogP contribution in [0.3, 0.4) is 0 Å². The average Bonchev–Trinajstić information content (AvgIpc) is 3.22. The summed E-state index contributed by atoms with van der Waals surface area (Å²) in [5, 5.41) is 9.05. The van der Waals surface area contributed by atoms with Gasteiger partial charge in [0.05, 0.1) is 5.71 Å². The number of benzene rings is 1. The molecule has 6 heteroatoms. The topological polar surface area (TPSA) is 70.6 Å². The van der Waals surface area contributed by atoms with E-state index in [2.05, 4.69) is 15.8 Å². The van der Waals surface area contributed by atoms with Gasteiger partial charge in [0.25, 0.3) is 5.91 Å². The van der Waals surface area contributed by atoms with Gasteiger partial charge in [0.1, 0.15) is 0 Å². The van der Waals surface area contributed by atoms with E-state index in [4.69, 9.17) is 0 Å². The third-order valence-corrected chi connectivity index (χ3v) is 5.57. The lowest BCUT2D eigenvalue weighted by Crippen LogP contribution is -2.24. The Morgan fingerprint density at radius 3 is 2.46 bits per heavy atom. The summed E-state index contributed by atoms with van der Waals surface area (Å²) in [6.45, 7) is 1.86. The van der Waals surface area contributed by atoms with Crippen LogP contribution < -0.4 is 10.7 Å². The van der Waals surface area contributed by atoms with Gasteiger partial charge in [-0.25, -0.2) is 5.43 Å². The minimum Gasteiger partial charge on any atom is -0.326 e. The second kappa shape index (κ2) is 8.76. The Morgan fingerprint density at radius 2 is 1.81 bits per heavy atom. The minimum atomic E-state index is -0.272. The zero-order valence-electron chi connectivity index (χ0n) is 14.8. The van der Waals surface area contributed by atoms with E-state index >= 15 is 0 Å². The lowest BCUT2D eigenvalue weighted by molar-refractivity contribution is -0.120. The third-order valence-electron chi connectivity index (χ3n) is 4.59. The van der Waals surface area contributed by atoms with Gasteiger partial charge in [0, 0.05) is 22.0 Å². The van der Waals surface area contributed by atoms with Gasteiger partial charge in [-0.3, -0.25) is 9.59 Å². The summed E-state index contributed by atoms with van der Waals surface area (Å²) in [5.41, 5.74) is 4.56. The quantitative estimate of drug-likeness (QED) is 0.605. The largest absolute Gasteiger partial charge is 0.326 e. The number of carbonyl (C=O) groups excluding carboxylic acids is 2. The Balaban J connectivity index is 1.55. The molecule has 0 saturated heterocycles. The van der Waals surface area contributed by atoms with Gasteiger partial charge in [-0.05, 0) is 55.5 Å². The number of amides is 2. The van der Waals surface area contributed by atoms with E-state index in [1.807, 2.05) is 24.4 Å². The molecule has 1 aliphatic rings. The molecule has 2 N–H and O–H groups in total. The summed E-state index contributed by atoms with van der Waals surface area (Å²) < 4.78 is 0. The van der Waals surface area contributed by atoms with Crippen LogP contribution in [0.5, 0.6) is 0 Å². The first-order valence-electron chi connectivity index (χ1n) is 8.93. The second-order valence-corrected chi connectivity index (χ2v) is 7.46. The molecular formula is C20H23N3O2S. The molecule has 1 aromatic heterocycles. The number of hydrazone groups is 1. The van der Waals surface area contributed by atoms with Gasteiger partial charge in [-0.2, -0.15) is 5.10 Å². The highest BCUT2D eigenvalue weighted by molar-refractivity contribution is 7.12. The first-order valence-corrected chi connectivity index (χ1v) is 9.81. The molecule has 0 radical (unpaired) electrons. The monoisotopic (exact) mass is 369 g/mol. The molecule has 0 aliphatic heterocycles. The average molecular weight is 369 g/mol. The number of anilines is 1. The molecule has 0 spiro atoms. The van der Waals surface area contributed by atoms with E-state index < -0.39 is 0 Å². The van der Waals surface area contributed by atoms with Crippen molar-refractivity contribution < 1.29 is 9.59 Å². The summed E-state index contributed by atoms with van der Waals surface area (Å²) in [5.74, 6) is -0.0783. The summed E-state index contributed by atoms with van der Waals surface area (Å²) in [6, 6.07) is 10.8. The van der Waals surface area contributed by atoms with Crippen LogP contribution in [0.25, 0.3) is 0 Å². The SMILES string of the molecule is C/C(=N\NC(=O)c1ccc(NC(=O)C2CCCCC2)cc1)c1cccs1. The van der Waals surface area contributed by atoms with Gasteiger partial charge in [-0.1, -0.05) is 25.3 Å². The fourth-order valence-electron chi connectivity index (χ4n) is 3.05. The summed E-state index contributed by atoms with van der Waals surface area (Å²) in [4.78, 5) is 25.5. The van der Waals surface area contributed by atoms with E-state index in [0.29, 0.717) is 5.56 Å². The molecule has 1 aromatic carbocycles. The Morgan fingerprint density at radius 1 is 1.08 bits per heavy atom. The van der Waals surface area contributed by atoms with Gasteiger partial charge in [-0.15, -0.1) is 11.3 Å². The van der Waals surface area contributed by atoms with Crippen LogP contribution in [0, 0.1) is 5.92 Å². The van der Waals surface area contributed by atoms with Crippen LogP contribution in [-0.2, 0) is 4.79 Å². The van der Waals surface area contributed by atoms with Crippen LogP contribution in [0.1, 0.15) is 54.3 Å². The molecule has 0 atom stereocenters. The lowest BCUT2D eigenvalue weighted by atomic mass is 9.88. The zero-order chi connectivity index (χ0) is 18.4. The molecule has 0 unspecified atom stereocenters. The second-order valence-electron chi connectivity index (χ2n) is 6.52. The van der Waals surface area contributed by atoms with Crippen molar-refractivity contribution in [2.75, 3.05) is 5.32 Å². The molecular weight excluding hydrogens is 346 g/mol. The summed E-state index contributed by atoms with van der Waals surface area (Å²) in [7, 11) is 0. The normalized spacial score (nSPS) is 15.5. The van der Waals surface area contributed by atoms with Crippen molar-refractivity contribution in [2.24, 2.45) is 11.0 Å². The summed E-state index contributed by atoms with van der Waals surface area (Å²) >= 11 is 1.58. The van der Waals surface area contributed by atoms with Crippen molar-refractivity contribution in [2.45, 2.75) is 39.0 Å². The first kappa shape index (κ1) is 18.3. The van der Waals surface area contributed by atoms with Gasteiger partial charge in [0.15, 0.2) is 0 Å². The van der Waals surface area contributed by atoms with E-state index in [0.717, 1.165) is 42.0 Å². The minimum absolute atomic E-state index is 0.0816. The molecule has 1 saturated carbocycles. The van der Waals surface area contributed by atoms with E-state index in [-0.39, 0.29) is 17.7 Å². The Kier molecular flexibility index (Phi) is 6.17. The van der Waals surface area contributed by atoms with Crippen LogP contribution in [0.2, 0.25) is 0 Å². The van der Waals surface area contributed by atoms with Crippen LogP contribution in [-0.4, -0.2) is 17.5 Å². The number of nitrogens with one attached hydrogen (secondary N) is 2. The number of nitrogens with zero attached hydrogens (tertiary/aromatic N) is 1. The Bertz CT molecular complexity index is 776. The predicted octanol–water partition coefficient (Wildman–Crippen LogP) is 4.42. The molecule has 136 valence electrons. The fraction of sp³-hybridized carbons (Fsp3) is 0.350. The molecule has 5 nitrogen and oxygen atoms in total. The van der Waals surface area contributed by atoms with Crippen molar-refractivity contribution in [3.8, 4) is 0 Å². The van der Waals surface area contributed by atoms with E-state index in [1.165, 1.54) is 6.42 Å². The molecule has 2 amide bonds. The van der Waals surface area contributed by atoms with Gasteiger partial charge < -0.3 is 5.32 Å². The van der Waals surface area contributed by atoms with Crippen molar-refractivity contribution in [1.82, 2.24) is 5.43 Å². The number of hydrogen-bond acceptors (Lipinski definition) is 4. The maximum Gasteiger partial charge on any atom is 0.271 e. The third kappa shape index (κ3) is 4.79. The van der Waals surface area contributed by atoms with Gasteiger partial charge in [0.2, 0.25) is 5.91 Å². The highest BCUT2D eigenvalue weighted by Gasteiger charge is 2.21. The van der Waals surface area contributed by atoms with Crippen molar-refractivity contribution >= 4 is 34.6 Å². The van der Waals surface area contributed by atoms with Crippen molar-refractivity contribution in [3.05, 3.63) is 52.2 Å². The molecule has 1 aliphatic carbocycles. The van der Waals surface area contributed by atoms with Crippen molar-refractivity contribution in [3.63, 3.8) is 0 Å². The Hall–Kier alpha value is -2.47. The van der Waals surface area contributed by atoms with Crippen molar-refractivity contribution in [1.29, 1.82) is 0 Å². The highest BCUT2D eigenvalue weighted by atomic mass is 32.1. The smallest absolute Gasteiger partial charge is 0.271 e. The highest BCUT2D eigenvalue weighted by Crippen LogP contribution is 2.25. The maximum atomic E-state index is 12.3. The predicted molar refractivity (Wildman–Crippen MR) is 106 cm³/mol. The molecule has 1 heterocycles. The number of thiophene rings is 1. The lowest BCUT2D eigenvalue weighted by Gasteiger charge is -2.20. The fourth-order valence-corrected chi connectivity index (χ4v) is 3.73. The van der Waals surface area contributed by atoms with Crippen LogP contribution >= 0.6 is 11.3 Å². The molecule has 1 fully saturated rings. The van der Waals surface area contributed by atoms with E-state index in [9.17, 15) is 9.59 Å². The van der Waals surface area contributed by atoms with Crippen LogP contribution in [0.15, 0.2) is 46.9 Å². The number of hydrogen-bond donors (Lipinski definition) is 2. The maximum absolute atomic E-state index is 12.3. The standard InChI is InChI=1S/C20H23N3O2S/c1-14(18-8-5-13-26-18)22-23-20(25)16-9-11-17(12-10-16)21-19(24)15-6-3-2-4-7-15/h5,8-13,15H,2-4,6-7H2,1H3,(H,21,24)(H,23,25)/b22-14+. The van der Waals surface area contributed by atoms with Gasteiger partial charge >= 0.3 is 0 Å². The summed E-state index contributed by atoms with van der Waals surface area (Å²) in [6.07, 6.45) is 5.41. The molecule has 2 aromatic rings.